The van der Waals surface area contributed by atoms with Crippen molar-refractivity contribution in [1.82, 2.24) is 0 Å². The molecule has 0 bridgehead atoms. The number of benzene rings is 2. The van der Waals surface area contributed by atoms with E-state index in [2.05, 4.69) is 0 Å². The van der Waals surface area contributed by atoms with Crippen LogP contribution in [0.5, 0.6) is 11.5 Å². The second kappa shape index (κ2) is 6.13. The summed E-state index contributed by atoms with van der Waals surface area (Å²) in [5.74, 6) is 0.342. The number of hydrogen-bond acceptors (Lipinski definition) is 5. The quantitative estimate of drug-likeness (QED) is 0.421. The Morgan fingerprint density at radius 2 is 1.73 bits per heavy atom. The molecule has 3 rings (SSSR count). The maximum absolute atomic E-state index is 11.7. The zero-order valence-corrected chi connectivity index (χ0v) is 11.5. The number of ether oxygens (including phenoxy) is 2. The molecule has 0 aliphatic carbocycles. The molecule has 0 saturated carbocycles. The van der Waals surface area contributed by atoms with E-state index in [-0.39, 0.29) is 6.61 Å². The molecule has 110 valence electrons. The Bertz CT molecular complexity index is 852. The van der Waals surface area contributed by atoms with Gasteiger partial charge < -0.3 is 13.9 Å². The number of carbonyl (C=O) groups excluding carboxylic acids is 1. The van der Waals surface area contributed by atoms with Crippen molar-refractivity contribution in [2.24, 2.45) is 0 Å². The van der Waals surface area contributed by atoms with Crippen molar-refractivity contribution < 1.29 is 18.7 Å². The van der Waals surface area contributed by atoms with Gasteiger partial charge in [0.2, 0.25) is 0 Å². The van der Waals surface area contributed by atoms with Crippen molar-refractivity contribution in [3.8, 4) is 11.5 Å². The molecule has 0 aliphatic rings. The molecule has 2 aromatic carbocycles. The lowest BCUT2D eigenvalue weighted by atomic mass is 10.2. The second-order valence-electron chi connectivity index (χ2n) is 4.53. The highest BCUT2D eigenvalue weighted by Gasteiger charge is 2.07. The summed E-state index contributed by atoms with van der Waals surface area (Å²) in [5.41, 5.74) is -0.0924. The van der Waals surface area contributed by atoms with Crippen LogP contribution < -0.4 is 15.1 Å². The Kier molecular flexibility index (Phi) is 3.87. The maximum atomic E-state index is 11.7. The monoisotopic (exact) mass is 296 g/mol. The molecule has 0 atom stereocenters. The van der Waals surface area contributed by atoms with Crippen molar-refractivity contribution in [3.05, 3.63) is 71.1 Å². The topological polar surface area (TPSA) is 65.7 Å². The van der Waals surface area contributed by atoms with Crippen LogP contribution in [0, 0.1) is 0 Å². The molecule has 5 heteroatoms. The Morgan fingerprint density at radius 1 is 0.955 bits per heavy atom. The van der Waals surface area contributed by atoms with Crippen LogP contribution in [0.1, 0.15) is 0 Å². The smallest absolute Gasteiger partial charge is 0.349 e. The molecule has 22 heavy (non-hydrogen) atoms. The van der Waals surface area contributed by atoms with Gasteiger partial charge in [-0.05, 0) is 30.3 Å². The Hall–Kier alpha value is -3.08. The lowest BCUT2D eigenvalue weighted by molar-refractivity contribution is -0.136. The van der Waals surface area contributed by atoms with E-state index in [9.17, 15) is 9.59 Å². The lowest BCUT2D eigenvalue weighted by Crippen LogP contribution is -2.17. The van der Waals surface area contributed by atoms with Gasteiger partial charge >= 0.3 is 11.6 Å². The summed E-state index contributed by atoms with van der Waals surface area (Å²) in [4.78, 5) is 22.9. The fourth-order valence-corrected chi connectivity index (χ4v) is 1.92. The molecule has 0 spiro atoms. The minimum Gasteiger partial charge on any atom is -0.482 e. The molecule has 3 aromatic rings. The summed E-state index contributed by atoms with van der Waals surface area (Å²) in [5, 5.41) is 0.750. The van der Waals surface area contributed by atoms with Gasteiger partial charge in [0.1, 0.15) is 17.1 Å². The third-order valence-electron chi connectivity index (χ3n) is 2.93. The van der Waals surface area contributed by atoms with Gasteiger partial charge in [-0.15, -0.1) is 0 Å². The van der Waals surface area contributed by atoms with Crippen molar-refractivity contribution >= 4 is 16.9 Å². The predicted octanol–water partition coefficient (Wildman–Crippen LogP) is 2.78. The van der Waals surface area contributed by atoms with Crippen molar-refractivity contribution in [1.29, 1.82) is 0 Å². The van der Waals surface area contributed by atoms with Crippen molar-refractivity contribution in [3.63, 3.8) is 0 Å². The third kappa shape index (κ3) is 3.32. The third-order valence-corrected chi connectivity index (χ3v) is 2.93. The molecule has 0 radical (unpaired) electrons. The average molecular weight is 296 g/mol. The molecule has 0 saturated heterocycles. The zero-order chi connectivity index (χ0) is 15.4. The van der Waals surface area contributed by atoms with Gasteiger partial charge in [0.25, 0.3) is 0 Å². The standard InChI is InChI=1S/C17H12O5/c18-16-9-7-12-6-8-14(10-15(12)22-16)21-17(19)11-20-13-4-2-1-3-5-13/h1-10H,11H2. The fraction of sp³-hybridized carbons (Fsp3) is 0.0588. The van der Waals surface area contributed by atoms with E-state index in [0.29, 0.717) is 17.1 Å². The van der Waals surface area contributed by atoms with Gasteiger partial charge in [-0.25, -0.2) is 9.59 Å². The molecule has 5 nitrogen and oxygen atoms in total. The molecule has 0 amide bonds. The minimum atomic E-state index is -0.540. The van der Waals surface area contributed by atoms with Crippen molar-refractivity contribution in [2.45, 2.75) is 0 Å². The highest BCUT2D eigenvalue weighted by Crippen LogP contribution is 2.19. The Morgan fingerprint density at radius 3 is 2.55 bits per heavy atom. The molecule has 1 heterocycles. The van der Waals surface area contributed by atoms with E-state index in [0.717, 1.165) is 5.39 Å². The van der Waals surface area contributed by atoms with Gasteiger partial charge in [-0.3, -0.25) is 0 Å². The van der Waals surface area contributed by atoms with Gasteiger partial charge in [0.15, 0.2) is 6.61 Å². The molecular weight excluding hydrogens is 284 g/mol. The summed E-state index contributed by atoms with van der Waals surface area (Å²) in [6.45, 7) is -0.208. The first kappa shape index (κ1) is 13.9. The van der Waals surface area contributed by atoms with Crippen LogP contribution in [-0.4, -0.2) is 12.6 Å². The Labute approximate surface area is 125 Å². The van der Waals surface area contributed by atoms with E-state index >= 15 is 0 Å². The predicted molar refractivity (Wildman–Crippen MR) is 80.1 cm³/mol. The normalized spacial score (nSPS) is 10.4. The van der Waals surface area contributed by atoms with E-state index in [4.69, 9.17) is 13.9 Å². The highest BCUT2D eigenvalue weighted by atomic mass is 16.6. The highest BCUT2D eigenvalue weighted by molar-refractivity contribution is 5.80. The first-order valence-electron chi connectivity index (χ1n) is 6.63. The van der Waals surface area contributed by atoms with Gasteiger partial charge in [-0.2, -0.15) is 0 Å². The SMILES string of the molecule is O=C(COc1ccccc1)Oc1ccc2ccc(=O)oc2c1. The first-order valence-corrected chi connectivity index (χ1v) is 6.63. The van der Waals surface area contributed by atoms with E-state index in [1.165, 1.54) is 12.1 Å². The average Bonchev–Trinajstić information content (AvgIpc) is 2.53. The number of rotatable bonds is 4. The fourth-order valence-electron chi connectivity index (χ4n) is 1.92. The number of esters is 1. The van der Waals surface area contributed by atoms with Crippen LogP contribution in [0.2, 0.25) is 0 Å². The lowest BCUT2D eigenvalue weighted by Gasteiger charge is -2.07. The van der Waals surface area contributed by atoms with E-state index < -0.39 is 11.6 Å². The van der Waals surface area contributed by atoms with Gasteiger partial charge in [0.05, 0.1) is 0 Å². The van der Waals surface area contributed by atoms with Crippen LogP contribution >= 0.6 is 0 Å². The number of para-hydroxylation sites is 1. The number of carbonyl (C=O) groups is 1. The van der Waals surface area contributed by atoms with Crippen LogP contribution in [-0.2, 0) is 4.79 Å². The minimum absolute atomic E-state index is 0.208. The van der Waals surface area contributed by atoms with Crippen LogP contribution in [0.3, 0.4) is 0 Å². The summed E-state index contributed by atoms with van der Waals surface area (Å²) in [6.07, 6.45) is 0. The largest absolute Gasteiger partial charge is 0.482 e. The van der Waals surface area contributed by atoms with Gasteiger partial charge in [0, 0.05) is 17.5 Å². The maximum Gasteiger partial charge on any atom is 0.349 e. The van der Waals surface area contributed by atoms with Crippen LogP contribution in [0.15, 0.2) is 69.9 Å². The molecule has 0 aliphatic heterocycles. The molecule has 1 aromatic heterocycles. The number of fused-ring (bicyclic) bond motifs is 1. The summed E-state index contributed by atoms with van der Waals surface area (Å²) in [7, 11) is 0. The van der Waals surface area contributed by atoms with E-state index in [1.54, 1.807) is 30.3 Å². The molecular formula is C17H12O5. The summed E-state index contributed by atoms with van der Waals surface area (Å²) in [6, 6.07) is 16.8. The van der Waals surface area contributed by atoms with Crippen LogP contribution in [0.4, 0.5) is 0 Å². The summed E-state index contributed by atoms with van der Waals surface area (Å²) >= 11 is 0. The van der Waals surface area contributed by atoms with Crippen LogP contribution in [0.25, 0.3) is 11.0 Å². The van der Waals surface area contributed by atoms with Gasteiger partial charge in [-0.1, -0.05) is 18.2 Å². The molecule has 0 unspecified atom stereocenters. The first-order chi connectivity index (χ1) is 10.7. The summed E-state index contributed by atoms with van der Waals surface area (Å²) < 4.78 is 15.5. The second-order valence-corrected chi connectivity index (χ2v) is 4.53. The van der Waals surface area contributed by atoms with E-state index in [1.807, 2.05) is 18.2 Å². The Balaban J connectivity index is 1.67. The molecule has 0 N–H and O–H groups in total. The zero-order valence-electron chi connectivity index (χ0n) is 11.5. The van der Waals surface area contributed by atoms with Crippen molar-refractivity contribution in [2.75, 3.05) is 6.61 Å². The number of hydrogen-bond donors (Lipinski definition) is 0. The molecule has 0 fully saturated rings.